The van der Waals surface area contributed by atoms with Gasteiger partial charge >= 0.3 is 0 Å². The van der Waals surface area contributed by atoms with Crippen LogP contribution in [0.25, 0.3) is 0 Å². The summed E-state index contributed by atoms with van der Waals surface area (Å²) in [7, 11) is 0. The van der Waals surface area contributed by atoms with E-state index in [0.29, 0.717) is 24.2 Å². The summed E-state index contributed by atoms with van der Waals surface area (Å²) in [5, 5.41) is 25.0. The molecule has 10 heteroatoms. The highest BCUT2D eigenvalue weighted by atomic mass is 19.1. The second-order valence-electron chi connectivity index (χ2n) is 9.62. The predicted octanol–water partition coefficient (Wildman–Crippen LogP) is 3.13. The molecule has 0 heterocycles. The molecule has 0 bridgehead atoms. The number of hydrogen-bond acceptors (Lipinski definition) is 5. The average molecular weight is 548 g/mol. The van der Waals surface area contributed by atoms with Gasteiger partial charge in [0, 0.05) is 43.2 Å². The maximum Gasteiger partial charge on any atom is 0.253 e. The fourth-order valence-electron chi connectivity index (χ4n) is 4.34. The van der Waals surface area contributed by atoms with Gasteiger partial charge in [-0.1, -0.05) is 13.8 Å². The van der Waals surface area contributed by atoms with Crippen molar-refractivity contribution in [1.29, 1.82) is 0 Å². The number of benzene rings is 2. The first kappa shape index (κ1) is 31.8. The zero-order valence-corrected chi connectivity index (χ0v) is 22.8. The van der Waals surface area contributed by atoms with Gasteiger partial charge in [0.15, 0.2) is 0 Å². The summed E-state index contributed by atoms with van der Waals surface area (Å²) in [5.74, 6) is -2.70. The average Bonchev–Trinajstić information content (AvgIpc) is 2.86. The molecule has 2 aromatic rings. The van der Waals surface area contributed by atoms with Crippen LogP contribution >= 0.6 is 0 Å². The van der Waals surface area contributed by atoms with Crippen molar-refractivity contribution in [2.24, 2.45) is 0 Å². The first-order valence-electron chi connectivity index (χ1n) is 13.3. The van der Waals surface area contributed by atoms with Crippen molar-refractivity contribution in [2.45, 2.75) is 65.0 Å². The molecule has 4 N–H and O–H groups in total. The van der Waals surface area contributed by atoms with Crippen molar-refractivity contribution in [2.75, 3.05) is 26.2 Å². The molecule has 39 heavy (non-hydrogen) atoms. The van der Waals surface area contributed by atoms with Crippen LogP contribution in [0, 0.1) is 18.6 Å². The molecule has 2 atom stereocenters. The smallest absolute Gasteiger partial charge is 0.253 e. The van der Waals surface area contributed by atoms with E-state index in [1.54, 1.807) is 24.0 Å². The summed E-state index contributed by atoms with van der Waals surface area (Å²) >= 11 is 0. The number of rotatable bonds is 15. The van der Waals surface area contributed by atoms with Gasteiger partial charge in [-0.25, -0.2) is 8.78 Å². The summed E-state index contributed by atoms with van der Waals surface area (Å²) in [6, 6.07) is 6.86. The fourth-order valence-corrected chi connectivity index (χ4v) is 4.34. The summed E-state index contributed by atoms with van der Waals surface area (Å²) in [5.41, 5.74) is 1.52. The zero-order valence-electron chi connectivity index (χ0n) is 22.8. The van der Waals surface area contributed by atoms with Gasteiger partial charge in [-0.15, -0.1) is 0 Å². The maximum atomic E-state index is 13.8. The van der Waals surface area contributed by atoms with E-state index in [1.165, 1.54) is 6.07 Å². The molecule has 0 aromatic heterocycles. The summed E-state index contributed by atoms with van der Waals surface area (Å²) in [4.78, 5) is 39.8. The molecule has 8 nitrogen and oxygen atoms in total. The van der Waals surface area contributed by atoms with E-state index >= 15 is 0 Å². The third kappa shape index (κ3) is 10.4. The molecule has 0 saturated carbocycles. The van der Waals surface area contributed by atoms with Gasteiger partial charge in [-0.3, -0.25) is 14.4 Å². The quantitative estimate of drug-likeness (QED) is 0.273. The van der Waals surface area contributed by atoms with Crippen LogP contribution in [0.3, 0.4) is 0 Å². The number of aliphatic hydroxyl groups excluding tert-OH is 2. The monoisotopic (exact) mass is 547 g/mol. The van der Waals surface area contributed by atoms with Crippen LogP contribution in [0.4, 0.5) is 8.78 Å². The fraction of sp³-hybridized carbons (Fsp3) is 0.483. The van der Waals surface area contributed by atoms with Crippen molar-refractivity contribution in [3.05, 3.63) is 70.3 Å². The number of nitrogens with zero attached hydrogens (tertiary/aromatic N) is 1. The van der Waals surface area contributed by atoms with Gasteiger partial charge < -0.3 is 25.7 Å². The van der Waals surface area contributed by atoms with Crippen LogP contribution in [0.1, 0.15) is 71.4 Å². The van der Waals surface area contributed by atoms with Crippen LogP contribution in [0.15, 0.2) is 36.4 Å². The molecule has 0 aliphatic carbocycles. The third-order valence-electron chi connectivity index (χ3n) is 6.12. The Hall–Kier alpha value is -3.37. The van der Waals surface area contributed by atoms with Crippen LogP contribution in [0.5, 0.6) is 0 Å². The van der Waals surface area contributed by atoms with E-state index in [-0.39, 0.29) is 49.4 Å². The highest BCUT2D eigenvalue weighted by molar-refractivity contribution is 6.00. The van der Waals surface area contributed by atoms with Crippen molar-refractivity contribution >= 4 is 17.7 Å². The molecule has 3 amide bonds. The SMILES string of the molecule is CCCN(CCC)C(=O)c1cc(C)cc(C(=O)N[C@@H](Cc2cc(F)cc(F)c2)[C@H](O)CCNC(=O)CCO)c1. The van der Waals surface area contributed by atoms with E-state index < -0.39 is 35.6 Å². The minimum Gasteiger partial charge on any atom is -0.396 e. The normalized spacial score (nSPS) is 12.5. The number of aryl methyl sites for hydroxylation is 1. The standard InChI is InChI=1S/C29H39F2N3O5/c1-4-9-34(10-5-2)29(39)22-13-19(3)12-21(17-22)28(38)33-25(16-20-14-23(30)18-24(31)15-20)26(36)6-8-32-27(37)7-11-35/h12-15,17-18,25-26,35-36H,4-11,16H2,1-3H3,(H,32,37)(H,33,38)/t25-,26+/m0/s1. The van der Waals surface area contributed by atoms with Gasteiger partial charge in [-0.2, -0.15) is 0 Å². The summed E-state index contributed by atoms with van der Waals surface area (Å²) in [6.45, 7) is 6.68. The van der Waals surface area contributed by atoms with Crippen LogP contribution in [0.2, 0.25) is 0 Å². The molecule has 0 aliphatic rings. The molecule has 0 radical (unpaired) electrons. The van der Waals surface area contributed by atoms with Gasteiger partial charge in [0.05, 0.1) is 18.8 Å². The highest BCUT2D eigenvalue weighted by Crippen LogP contribution is 2.16. The lowest BCUT2D eigenvalue weighted by molar-refractivity contribution is -0.121. The Balaban J connectivity index is 2.27. The molecular weight excluding hydrogens is 508 g/mol. The van der Waals surface area contributed by atoms with Crippen molar-refractivity contribution in [3.8, 4) is 0 Å². The predicted molar refractivity (Wildman–Crippen MR) is 144 cm³/mol. The first-order chi connectivity index (χ1) is 18.6. The number of aliphatic hydroxyl groups is 2. The summed E-state index contributed by atoms with van der Waals surface area (Å²) in [6.07, 6.45) is 0.300. The molecule has 0 aliphatic heterocycles. The largest absolute Gasteiger partial charge is 0.396 e. The first-order valence-corrected chi connectivity index (χ1v) is 13.3. The second-order valence-corrected chi connectivity index (χ2v) is 9.62. The van der Waals surface area contributed by atoms with Crippen molar-refractivity contribution < 1.29 is 33.4 Å². The van der Waals surface area contributed by atoms with Gasteiger partial charge in [0.1, 0.15) is 11.6 Å². The second kappa shape index (κ2) is 15.9. The Bertz CT molecular complexity index is 1100. The van der Waals surface area contributed by atoms with E-state index in [4.69, 9.17) is 5.11 Å². The number of nitrogens with one attached hydrogen (secondary N) is 2. The van der Waals surface area contributed by atoms with Gasteiger partial charge in [-0.05, 0) is 74.1 Å². The van der Waals surface area contributed by atoms with Crippen molar-refractivity contribution in [3.63, 3.8) is 0 Å². The van der Waals surface area contributed by atoms with Crippen LogP contribution in [-0.4, -0.2) is 71.2 Å². The van der Waals surface area contributed by atoms with E-state index in [9.17, 15) is 28.3 Å². The van der Waals surface area contributed by atoms with Gasteiger partial charge in [0.2, 0.25) is 5.91 Å². The molecule has 0 saturated heterocycles. The molecular formula is C29H39F2N3O5. The Kier molecular flexibility index (Phi) is 13.0. The Morgan fingerprint density at radius 2 is 1.56 bits per heavy atom. The topological polar surface area (TPSA) is 119 Å². The Morgan fingerprint density at radius 3 is 2.15 bits per heavy atom. The highest BCUT2D eigenvalue weighted by Gasteiger charge is 2.24. The van der Waals surface area contributed by atoms with Crippen molar-refractivity contribution in [1.82, 2.24) is 15.5 Å². The molecule has 0 spiro atoms. The van der Waals surface area contributed by atoms with Gasteiger partial charge in [0.25, 0.3) is 11.8 Å². The van der Waals surface area contributed by atoms with E-state index in [2.05, 4.69) is 10.6 Å². The molecule has 0 unspecified atom stereocenters. The molecule has 214 valence electrons. The summed E-state index contributed by atoms with van der Waals surface area (Å²) < 4.78 is 27.6. The van der Waals surface area contributed by atoms with Crippen LogP contribution in [-0.2, 0) is 11.2 Å². The lowest BCUT2D eigenvalue weighted by atomic mass is 9.97. The molecule has 2 rings (SSSR count). The number of hydrogen-bond donors (Lipinski definition) is 4. The van der Waals surface area contributed by atoms with E-state index in [0.717, 1.165) is 31.0 Å². The Labute approximate surface area is 228 Å². The van der Waals surface area contributed by atoms with Crippen LogP contribution < -0.4 is 10.6 Å². The number of carbonyl (C=O) groups excluding carboxylic acids is 3. The molecule has 2 aromatic carbocycles. The lowest BCUT2D eigenvalue weighted by Crippen LogP contribution is -2.46. The minimum atomic E-state index is -1.18. The minimum absolute atomic E-state index is 0.0421. The Morgan fingerprint density at radius 1 is 0.949 bits per heavy atom. The number of carbonyl (C=O) groups is 3. The zero-order chi connectivity index (χ0) is 28.9. The molecule has 0 fully saturated rings. The number of halogens is 2. The third-order valence-corrected chi connectivity index (χ3v) is 6.12. The number of amides is 3. The lowest BCUT2D eigenvalue weighted by Gasteiger charge is -2.25. The van der Waals surface area contributed by atoms with E-state index in [1.807, 2.05) is 13.8 Å². The maximum absolute atomic E-state index is 13.8.